The number of ether oxygens (including phenoxy) is 3. The SMILES string of the molecule is CCOc1ccc(N2C(=S)N[C@@H]3c4cccc(OC)c4O[C@]2(C)[C@@H]3C(=O)Nc2ccc(C)cc2C)cc1. The largest absolute Gasteiger partial charge is 0.494 e. The zero-order valence-corrected chi connectivity index (χ0v) is 22.4. The van der Waals surface area contributed by atoms with Crippen molar-refractivity contribution in [1.82, 2.24) is 5.32 Å². The van der Waals surface area contributed by atoms with Crippen molar-refractivity contribution < 1.29 is 19.0 Å². The molecule has 3 aromatic rings. The van der Waals surface area contributed by atoms with E-state index in [0.29, 0.717) is 23.2 Å². The summed E-state index contributed by atoms with van der Waals surface area (Å²) in [6, 6.07) is 18.9. The highest BCUT2D eigenvalue weighted by Gasteiger charge is 2.59. The summed E-state index contributed by atoms with van der Waals surface area (Å²) < 4.78 is 18.0. The summed E-state index contributed by atoms with van der Waals surface area (Å²) in [6.45, 7) is 8.44. The summed E-state index contributed by atoms with van der Waals surface area (Å²) >= 11 is 5.85. The Morgan fingerprint density at radius 3 is 2.59 bits per heavy atom. The topological polar surface area (TPSA) is 72.1 Å². The zero-order valence-electron chi connectivity index (χ0n) is 21.6. The lowest BCUT2D eigenvalue weighted by Gasteiger charge is -2.56. The number of anilines is 2. The van der Waals surface area contributed by atoms with Crippen molar-refractivity contribution in [2.45, 2.75) is 39.5 Å². The number of benzene rings is 3. The molecule has 0 aromatic heterocycles. The van der Waals surface area contributed by atoms with Crippen LogP contribution in [0, 0.1) is 19.8 Å². The molecule has 7 nitrogen and oxygen atoms in total. The summed E-state index contributed by atoms with van der Waals surface area (Å²) in [7, 11) is 1.61. The highest BCUT2D eigenvalue weighted by atomic mass is 32.1. The van der Waals surface area contributed by atoms with E-state index in [1.807, 2.05) is 87.2 Å². The molecule has 2 heterocycles. The predicted molar refractivity (Wildman–Crippen MR) is 149 cm³/mol. The molecule has 192 valence electrons. The number of nitrogens with one attached hydrogen (secondary N) is 2. The van der Waals surface area contributed by atoms with Crippen LogP contribution < -0.4 is 29.7 Å². The second kappa shape index (κ2) is 9.59. The third-order valence-corrected chi connectivity index (χ3v) is 7.34. The van der Waals surface area contributed by atoms with Gasteiger partial charge in [0.2, 0.25) is 5.91 Å². The van der Waals surface area contributed by atoms with Crippen LogP contribution in [0.2, 0.25) is 0 Å². The molecule has 37 heavy (non-hydrogen) atoms. The Hall–Kier alpha value is -3.78. The number of nitrogens with zero attached hydrogens (tertiary/aromatic N) is 1. The van der Waals surface area contributed by atoms with Gasteiger partial charge >= 0.3 is 0 Å². The Balaban J connectivity index is 1.61. The molecular formula is C29H31N3O4S. The van der Waals surface area contributed by atoms with Crippen LogP contribution in [0.1, 0.15) is 36.6 Å². The molecule has 1 saturated heterocycles. The average Bonchev–Trinajstić information content (AvgIpc) is 2.86. The number of hydrogen-bond acceptors (Lipinski definition) is 5. The maximum atomic E-state index is 14.1. The van der Waals surface area contributed by atoms with Crippen molar-refractivity contribution in [2.75, 3.05) is 23.9 Å². The van der Waals surface area contributed by atoms with Crippen molar-refractivity contribution in [3.8, 4) is 17.2 Å². The third kappa shape index (κ3) is 4.25. The molecule has 2 bridgehead atoms. The number of carbonyl (C=O) groups excluding carboxylic acids is 1. The van der Waals surface area contributed by atoms with Crippen molar-refractivity contribution in [3.05, 3.63) is 77.4 Å². The van der Waals surface area contributed by atoms with E-state index in [-0.39, 0.29) is 5.91 Å². The molecule has 0 radical (unpaired) electrons. The van der Waals surface area contributed by atoms with Crippen LogP contribution in [-0.2, 0) is 4.79 Å². The van der Waals surface area contributed by atoms with Gasteiger partial charge in [-0.15, -0.1) is 0 Å². The van der Waals surface area contributed by atoms with E-state index in [0.717, 1.165) is 33.8 Å². The lowest BCUT2D eigenvalue weighted by atomic mass is 9.78. The lowest BCUT2D eigenvalue weighted by molar-refractivity contribution is -0.130. The highest BCUT2D eigenvalue weighted by Crippen LogP contribution is 2.52. The van der Waals surface area contributed by atoms with Crippen LogP contribution in [0.15, 0.2) is 60.7 Å². The Bertz CT molecular complexity index is 1360. The van der Waals surface area contributed by atoms with E-state index in [1.165, 1.54) is 0 Å². The molecule has 0 unspecified atom stereocenters. The Morgan fingerprint density at radius 2 is 1.92 bits per heavy atom. The number of rotatable bonds is 6. The molecule has 1 fully saturated rings. The summed E-state index contributed by atoms with van der Waals surface area (Å²) in [5, 5.41) is 7.06. The number of methoxy groups -OCH3 is 1. The fourth-order valence-corrected chi connectivity index (χ4v) is 5.76. The summed E-state index contributed by atoms with van der Waals surface area (Å²) in [6.07, 6.45) is 0. The Morgan fingerprint density at radius 1 is 1.16 bits per heavy atom. The van der Waals surface area contributed by atoms with Gasteiger partial charge in [-0.1, -0.05) is 29.8 Å². The van der Waals surface area contributed by atoms with Crippen molar-refractivity contribution in [1.29, 1.82) is 0 Å². The minimum atomic E-state index is -1.15. The molecule has 1 amide bonds. The smallest absolute Gasteiger partial charge is 0.236 e. The number of amides is 1. The molecule has 3 atom stereocenters. The van der Waals surface area contributed by atoms with Gasteiger partial charge in [-0.05, 0) is 81.9 Å². The number of para-hydroxylation sites is 1. The summed E-state index contributed by atoms with van der Waals surface area (Å²) in [5.74, 6) is 1.14. The van der Waals surface area contributed by atoms with Crippen molar-refractivity contribution in [3.63, 3.8) is 0 Å². The molecule has 0 saturated carbocycles. The number of aryl methyl sites for hydroxylation is 2. The minimum absolute atomic E-state index is 0.168. The van der Waals surface area contributed by atoms with Crippen LogP contribution in [0.4, 0.5) is 11.4 Å². The minimum Gasteiger partial charge on any atom is -0.494 e. The monoisotopic (exact) mass is 517 g/mol. The highest BCUT2D eigenvalue weighted by molar-refractivity contribution is 7.80. The first-order valence-corrected chi connectivity index (χ1v) is 12.7. The van der Waals surface area contributed by atoms with Gasteiger partial charge in [0.05, 0.1) is 19.8 Å². The van der Waals surface area contributed by atoms with E-state index >= 15 is 0 Å². The molecule has 2 aliphatic heterocycles. The first-order valence-electron chi connectivity index (χ1n) is 12.3. The second-order valence-corrected chi connectivity index (χ2v) is 9.90. The van der Waals surface area contributed by atoms with Crippen LogP contribution in [0.25, 0.3) is 0 Å². The zero-order chi connectivity index (χ0) is 26.3. The van der Waals surface area contributed by atoms with E-state index in [4.69, 9.17) is 26.4 Å². The van der Waals surface area contributed by atoms with Gasteiger partial charge < -0.3 is 24.8 Å². The van der Waals surface area contributed by atoms with Gasteiger partial charge in [-0.25, -0.2) is 0 Å². The van der Waals surface area contributed by atoms with Crippen LogP contribution in [0.3, 0.4) is 0 Å². The van der Waals surface area contributed by atoms with Gasteiger partial charge in [0.1, 0.15) is 11.7 Å². The fourth-order valence-electron chi connectivity index (χ4n) is 5.34. The number of thiocarbonyl (C=S) groups is 1. The third-order valence-electron chi connectivity index (χ3n) is 7.04. The molecule has 8 heteroatoms. The van der Waals surface area contributed by atoms with Gasteiger partial charge in [0.15, 0.2) is 22.3 Å². The molecule has 5 rings (SSSR count). The van der Waals surface area contributed by atoms with Crippen molar-refractivity contribution in [2.24, 2.45) is 5.92 Å². The second-order valence-electron chi connectivity index (χ2n) is 9.51. The number of hydrogen-bond donors (Lipinski definition) is 2. The first kappa shape index (κ1) is 24.9. The molecule has 3 aromatic carbocycles. The summed E-state index contributed by atoms with van der Waals surface area (Å²) in [5.41, 5.74) is 3.36. The molecule has 0 spiro atoms. The van der Waals surface area contributed by atoms with Gasteiger partial charge in [-0.3, -0.25) is 9.69 Å². The van der Waals surface area contributed by atoms with Gasteiger partial charge in [0, 0.05) is 16.9 Å². The van der Waals surface area contributed by atoms with Gasteiger partial charge in [-0.2, -0.15) is 0 Å². The maximum absolute atomic E-state index is 14.1. The molecule has 2 N–H and O–H groups in total. The van der Waals surface area contributed by atoms with Crippen LogP contribution in [-0.4, -0.2) is 30.5 Å². The molecular weight excluding hydrogens is 486 g/mol. The first-order chi connectivity index (χ1) is 17.8. The number of fused-ring (bicyclic) bond motifs is 4. The van der Waals surface area contributed by atoms with Crippen LogP contribution in [0.5, 0.6) is 17.2 Å². The van der Waals surface area contributed by atoms with Crippen molar-refractivity contribution >= 4 is 34.6 Å². The average molecular weight is 518 g/mol. The van der Waals surface area contributed by atoms with E-state index in [9.17, 15) is 4.79 Å². The summed E-state index contributed by atoms with van der Waals surface area (Å²) in [4.78, 5) is 15.9. The molecule has 0 aliphatic carbocycles. The maximum Gasteiger partial charge on any atom is 0.236 e. The Labute approximate surface area is 222 Å². The van der Waals surface area contributed by atoms with Crippen LogP contribution >= 0.6 is 12.2 Å². The van der Waals surface area contributed by atoms with E-state index < -0.39 is 17.7 Å². The normalized spacial score (nSPS) is 21.9. The molecule has 2 aliphatic rings. The number of carbonyl (C=O) groups is 1. The lowest BCUT2D eigenvalue weighted by Crippen LogP contribution is -2.72. The fraction of sp³-hybridized carbons (Fsp3) is 0.310. The predicted octanol–water partition coefficient (Wildman–Crippen LogP) is 5.51. The quantitative estimate of drug-likeness (QED) is 0.418. The standard InChI is InChI=1S/C29H31N3O4S/c1-6-35-20-13-11-19(12-14-20)32-28(37)31-25-21-8-7-9-23(34-5)26(21)36-29(32,4)24(25)27(33)30-22-15-10-17(2)16-18(22)3/h7-16,24-25H,6H2,1-5H3,(H,30,33)(H,31,37)/t24-,25+,29+/m0/s1. The van der Waals surface area contributed by atoms with E-state index in [1.54, 1.807) is 7.11 Å². The van der Waals surface area contributed by atoms with E-state index in [2.05, 4.69) is 16.7 Å². The Kier molecular flexibility index (Phi) is 6.45. The van der Waals surface area contributed by atoms with Gasteiger partial charge in [0.25, 0.3) is 0 Å².